The lowest BCUT2D eigenvalue weighted by Crippen LogP contribution is -2.36. The highest BCUT2D eigenvalue weighted by molar-refractivity contribution is 5.41. The van der Waals surface area contributed by atoms with Gasteiger partial charge in [-0.1, -0.05) is 19.9 Å². The predicted octanol–water partition coefficient (Wildman–Crippen LogP) is 2.73. The fraction of sp³-hybridized carbons (Fsp3) is 0.625. The van der Waals surface area contributed by atoms with E-state index in [0.29, 0.717) is 6.54 Å². The van der Waals surface area contributed by atoms with Crippen LogP contribution in [0.1, 0.15) is 30.5 Å². The molecule has 1 rings (SSSR count). The second-order valence-electron chi connectivity index (χ2n) is 6.29. The lowest BCUT2D eigenvalue weighted by molar-refractivity contribution is 0.209. The fourth-order valence-electron chi connectivity index (χ4n) is 2.38. The fourth-order valence-corrected chi connectivity index (χ4v) is 2.38. The van der Waals surface area contributed by atoms with Crippen molar-refractivity contribution < 1.29 is 4.74 Å². The molecular formula is C16H28N2O. The second-order valence-corrected chi connectivity index (χ2v) is 6.29. The van der Waals surface area contributed by atoms with Gasteiger partial charge in [0, 0.05) is 13.1 Å². The summed E-state index contributed by atoms with van der Waals surface area (Å²) in [4.78, 5) is 2.33. The summed E-state index contributed by atoms with van der Waals surface area (Å²) in [6.07, 6.45) is 0. The normalized spacial score (nSPS) is 12.0. The highest BCUT2D eigenvalue weighted by Gasteiger charge is 2.18. The van der Waals surface area contributed by atoms with Gasteiger partial charge in [0.25, 0.3) is 0 Å². The maximum Gasteiger partial charge on any atom is 0.122 e. The van der Waals surface area contributed by atoms with Gasteiger partial charge in [-0.05, 0) is 55.6 Å². The number of hydrogen-bond acceptors (Lipinski definition) is 3. The van der Waals surface area contributed by atoms with Crippen LogP contribution in [0.4, 0.5) is 0 Å². The SMILES string of the molecule is COc1cc(C)c(CN(C)CC(C)(C)CN)cc1C. The molecule has 0 aliphatic carbocycles. The van der Waals surface area contributed by atoms with E-state index in [1.54, 1.807) is 7.11 Å². The van der Waals surface area contributed by atoms with E-state index in [1.807, 2.05) is 0 Å². The molecule has 0 saturated carbocycles. The number of nitrogens with two attached hydrogens (primary N) is 1. The third kappa shape index (κ3) is 4.51. The van der Waals surface area contributed by atoms with Gasteiger partial charge in [0.05, 0.1) is 7.11 Å². The topological polar surface area (TPSA) is 38.5 Å². The molecule has 0 radical (unpaired) electrons. The van der Waals surface area contributed by atoms with Gasteiger partial charge >= 0.3 is 0 Å². The first kappa shape index (κ1) is 16.0. The van der Waals surface area contributed by atoms with Crippen LogP contribution in [-0.4, -0.2) is 32.1 Å². The Morgan fingerprint density at radius 1 is 1.21 bits per heavy atom. The summed E-state index contributed by atoms with van der Waals surface area (Å²) in [5.74, 6) is 0.964. The lowest BCUT2D eigenvalue weighted by atomic mass is 9.93. The molecular weight excluding hydrogens is 236 g/mol. The van der Waals surface area contributed by atoms with Gasteiger partial charge < -0.3 is 15.4 Å². The van der Waals surface area contributed by atoms with Crippen LogP contribution in [0, 0.1) is 19.3 Å². The maximum absolute atomic E-state index is 5.80. The molecule has 2 N–H and O–H groups in total. The molecule has 0 unspecified atom stereocenters. The molecule has 1 aromatic rings. The highest BCUT2D eigenvalue weighted by Crippen LogP contribution is 2.24. The molecule has 0 fully saturated rings. The zero-order chi connectivity index (χ0) is 14.6. The molecule has 0 saturated heterocycles. The first-order valence-corrected chi connectivity index (χ1v) is 6.82. The van der Waals surface area contributed by atoms with Gasteiger partial charge in [-0.15, -0.1) is 0 Å². The smallest absolute Gasteiger partial charge is 0.122 e. The van der Waals surface area contributed by atoms with Gasteiger partial charge in [-0.3, -0.25) is 0 Å². The van der Waals surface area contributed by atoms with Gasteiger partial charge in [0.15, 0.2) is 0 Å². The second kappa shape index (κ2) is 6.40. The molecule has 0 amide bonds. The van der Waals surface area contributed by atoms with E-state index in [-0.39, 0.29) is 5.41 Å². The third-order valence-electron chi connectivity index (χ3n) is 3.54. The maximum atomic E-state index is 5.80. The molecule has 0 bridgehead atoms. The van der Waals surface area contributed by atoms with Crippen LogP contribution in [0.2, 0.25) is 0 Å². The Balaban J connectivity index is 2.80. The lowest BCUT2D eigenvalue weighted by Gasteiger charge is -2.29. The van der Waals surface area contributed by atoms with Crippen molar-refractivity contribution in [3.05, 3.63) is 28.8 Å². The Morgan fingerprint density at radius 2 is 1.84 bits per heavy atom. The van der Waals surface area contributed by atoms with Crippen LogP contribution in [-0.2, 0) is 6.54 Å². The number of ether oxygens (including phenoxy) is 1. The van der Waals surface area contributed by atoms with E-state index in [1.165, 1.54) is 16.7 Å². The van der Waals surface area contributed by atoms with Crippen molar-refractivity contribution in [2.24, 2.45) is 11.1 Å². The van der Waals surface area contributed by atoms with Crippen molar-refractivity contribution in [1.29, 1.82) is 0 Å². The average molecular weight is 264 g/mol. The summed E-state index contributed by atoms with van der Waals surface area (Å²) in [5, 5.41) is 0. The zero-order valence-electron chi connectivity index (χ0n) is 13.2. The van der Waals surface area contributed by atoms with E-state index >= 15 is 0 Å². The van der Waals surface area contributed by atoms with Gasteiger partial charge in [0.1, 0.15) is 5.75 Å². The van der Waals surface area contributed by atoms with Crippen molar-refractivity contribution >= 4 is 0 Å². The molecule has 1 aromatic carbocycles. The predicted molar refractivity (Wildman–Crippen MR) is 81.6 cm³/mol. The first-order valence-electron chi connectivity index (χ1n) is 6.82. The zero-order valence-corrected chi connectivity index (χ0v) is 13.2. The van der Waals surface area contributed by atoms with Crippen LogP contribution in [0.5, 0.6) is 5.75 Å². The summed E-state index contributed by atoms with van der Waals surface area (Å²) in [6.45, 7) is 11.3. The Kier molecular flexibility index (Phi) is 5.39. The Morgan fingerprint density at radius 3 is 2.37 bits per heavy atom. The first-order chi connectivity index (χ1) is 8.79. The van der Waals surface area contributed by atoms with Crippen molar-refractivity contribution in [3.8, 4) is 5.75 Å². The molecule has 0 atom stereocenters. The Hall–Kier alpha value is -1.06. The average Bonchev–Trinajstić information content (AvgIpc) is 2.32. The molecule has 0 aliphatic heterocycles. The van der Waals surface area contributed by atoms with Crippen molar-refractivity contribution in [2.45, 2.75) is 34.2 Å². The molecule has 0 spiro atoms. The minimum absolute atomic E-state index is 0.157. The summed E-state index contributed by atoms with van der Waals surface area (Å²) < 4.78 is 5.35. The van der Waals surface area contributed by atoms with E-state index < -0.39 is 0 Å². The molecule has 3 nitrogen and oxygen atoms in total. The number of aryl methyl sites for hydroxylation is 2. The monoisotopic (exact) mass is 264 g/mol. The van der Waals surface area contributed by atoms with Crippen LogP contribution in [0.25, 0.3) is 0 Å². The van der Waals surface area contributed by atoms with Gasteiger partial charge in [-0.2, -0.15) is 0 Å². The molecule has 19 heavy (non-hydrogen) atoms. The largest absolute Gasteiger partial charge is 0.496 e. The number of hydrogen-bond donors (Lipinski definition) is 1. The number of methoxy groups -OCH3 is 1. The minimum Gasteiger partial charge on any atom is -0.496 e. The molecule has 108 valence electrons. The van der Waals surface area contributed by atoms with Crippen LogP contribution >= 0.6 is 0 Å². The van der Waals surface area contributed by atoms with Gasteiger partial charge in [-0.25, -0.2) is 0 Å². The van der Waals surface area contributed by atoms with Crippen LogP contribution in [0.3, 0.4) is 0 Å². The summed E-state index contributed by atoms with van der Waals surface area (Å²) in [5.41, 5.74) is 9.78. The minimum atomic E-state index is 0.157. The Bertz CT molecular complexity index is 427. The van der Waals surface area contributed by atoms with Crippen LogP contribution < -0.4 is 10.5 Å². The van der Waals surface area contributed by atoms with Crippen molar-refractivity contribution in [3.63, 3.8) is 0 Å². The van der Waals surface area contributed by atoms with E-state index in [2.05, 4.69) is 51.8 Å². The molecule has 0 aliphatic rings. The van der Waals surface area contributed by atoms with Crippen molar-refractivity contribution in [2.75, 3.05) is 27.2 Å². The van der Waals surface area contributed by atoms with Crippen molar-refractivity contribution in [1.82, 2.24) is 4.90 Å². The number of benzene rings is 1. The Labute approximate surface area is 117 Å². The number of rotatable bonds is 6. The number of nitrogens with zero attached hydrogens (tertiary/aromatic N) is 1. The van der Waals surface area contributed by atoms with E-state index in [4.69, 9.17) is 10.5 Å². The van der Waals surface area contributed by atoms with E-state index in [9.17, 15) is 0 Å². The van der Waals surface area contributed by atoms with Gasteiger partial charge in [0.2, 0.25) is 0 Å². The summed E-state index contributed by atoms with van der Waals surface area (Å²) in [7, 11) is 3.87. The quantitative estimate of drug-likeness (QED) is 0.858. The molecule has 0 heterocycles. The van der Waals surface area contributed by atoms with E-state index in [0.717, 1.165) is 18.8 Å². The highest BCUT2D eigenvalue weighted by atomic mass is 16.5. The molecule has 3 heteroatoms. The summed E-state index contributed by atoms with van der Waals surface area (Å²) in [6, 6.07) is 4.34. The van der Waals surface area contributed by atoms with Crippen LogP contribution in [0.15, 0.2) is 12.1 Å². The summed E-state index contributed by atoms with van der Waals surface area (Å²) >= 11 is 0. The third-order valence-corrected chi connectivity index (χ3v) is 3.54. The standard InChI is InChI=1S/C16H28N2O/c1-12-8-15(19-6)13(2)7-14(12)9-18(5)11-16(3,4)10-17/h7-8H,9-11,17H2,1-6H3. The molecule has 0 aromatic heterocycles.